The van der Waals surface area contributed by atoms with Crippen molar-refractivity contribution in [2.75, 3.05) is 14.2 Å². The van der Waals surface area contributed by atoms with Gasteiger partial charge in [0.2, 0.25) is 0 Å². The van der Waals surface area contributed by atoms with Crippen molar-refractivity contribution in [2.45, 2.75) is 12.8 Å². The van der Waals surface area contributed by atoms with Crippen molar-refractivity contribution in [1.82, 2.24) is 0 Å². The van der Waals surface area contributed by atoms with E-state index in [9.17, 15) is 9.59 Å². The predicted molar refractivity (Wildman–Crippen MR) is 85.4 cm³/mol. The molecule has 0 fully saturated rings. The molecule has 0 amide bonds. The van der Waals surface area contributed by atoms with Crippen LogP contribution < -0.4 is 0 Å². The second kappa shape index (κ2) is 6.99. The quantitative estimate of drug-likeness (QED) is 0.798. The van der Waals surface area contributed by atoms with Gasteiger partial charge in [0.05, 0.1) is 37.1 Å². The first-order valence-electron chi connectivity index (χ1n) is 6.50. The smallest absolute Gasteiger partial charge is 0.310 e. The molecule has 0 bridgehead atoms. The lowest BCUT2D eigenvalue weighted by molar-refractivity contribution is -0.140. The van der Waals surface area contributed by atoms with Crippen molar-refractivity contribution in [3.63, 3.8) is 0 Å². The summed E-state index contributed by atoms with van der Waals surface area (Å²) in [7, 11) is 2.65. The number of methoxy groups -OCH3 is 2. The summed E-state index contributed by atoms with van der Waals surface area (Å²) in [6.07, 6.45) is 0.180. The van der Waals surface area contributed by atoms with Crippen molar-refractivity contribution < 1.29 is 19.1 Å². The molecule has 2 aromatic rings. The zero-order chi connectivity index (χ0) is 16.3. The largest absolute Gasteiger partial charge is 0.469 e. The zero-order valence-electron chi connectivity index (χ0n) is 12.1. The molecule has 0 N–H and O–H groups in total. The number of hydrogen-bond acceptors (Lipinski definition) is 4. The summed E-state index contributed by atoms with van der Waals surface area (Å²) in [6, 6.07) is 7.02. The standard InChI is InChI=1S/C16H14Cl2O4/c1-21-13(19)7-9-3-5-12-11(15(9)17)6-4-10(16(12)18)8-14(20)22-2/h3-6H,7-8H2,1-2H3. The maximum Gasteiger partial charge on any atom is 0.310 e. The van der Waals surface area contributed by atoms with Gasteiger partial charge in [-0.1, -0.05) is 47.5 Å². The number of ether oxygens (including phenoxy) is 2. The topological polar surface area (TPSA) is 52.6 Å². The van der Waals surface area contributed by atoms with E-state index in [0.717, 1.165) is 10.8 Å². The molecule has 0 spiro atoms. The van der Waals surface area contributed by atoms with Gasteiger partial charge >= 0.3 is 11.9 Å². The first kappa shape index (κ1) is 16.6. The molecule has 0 aliphatic heterocycles. The number of carbonyl (C=O) groups excluding carboxylic acids is 2. The number of halogens is 2. The summed E-state index contributed by atoms with van der Waals surface area (Å²) in [5.74, 6) is -0.732. The van der Waals surface area contributed by atoms with Gasteiger partial charge in [-0.3, -0.25) is 9.59 Å². The first-order valence-corrected chi connectivity index (χ1v) is 7.25. The molecule has 0 saturated carbocycles. The maximum absolute atomic E-state index is 11.4. The van der Waals surface area contributed by atoms with Crippen LogP contribution in [0.3, 0.4) is 0 Å². The van der Waals surface area contributed by atoms with E-state index in [-0.39, 0.29) is 24.8 Å². The maximum atomic E-state index is 11.4. The van der Waals surface area contributed by atoms with E-state index < -0.39 is 0 Å². The minimum absolute atomic E-state index is 0.0901. The van der Waals surface area contributed by atoms with Crippen LogP contribution in [0, 0.1) is 0 Å². The van der Waals surface area contributed by atoms with Crippen molar-refractivity contribution in [2.24, 2.45) is 0 Å². The summed E-state index contributed by atoms with van der Waals surface area (Å²) < 4.78 is 9.29. The highest BCUT2D eigenvalue weighted by molar-refractivity contribution is 6.40. The van der Waals surface area contributed by atoms with E-state index in [2.05, 4.69) is 9.47 Å². The molecule has 0 aliphatic carbocycles. The van der Waals surface area contributed by atoms with Crippen LogP contribution in [-0.4, -0.2) is 26.2 Å². The van der Waals surface area contributed by atoms with Crippen molar-refractivity contribution in [3.05, 3.63) is 45.4 Å². The van der Waals surface area contributed by atoms with Gasteiger partial charge in [-0.15, -0.1) is 0 Å². The Morgan fingerprint density at radius 2 is 1.18 bits per heavy atom. The van der Waals surface area contributed by atoms with E-state index in [1.54, 1.807) is 24.3 Å². The Hall–Kier alpha value is -1.78. The average molecular weight is 341 g/mol. The van der Waals surface area contributed by atoms with Crippen molar-refractivity contribution in [1.29, 1.82) is 0 Å². The number of carbonyl (C=O) groups is 2. The molecule has 0 aromatic heterocycles. The van der Waals surface area contributed by atoms with Gasteiger partial charge < -0.3 is 9.47 Å². The number of esters is 2. The Morgan fingerprint density at radius 1 is 0.818 bits per heavy atom. The molecule has 2 rings (SSSR count). The molecule has 0 aliphatic rings. The van der Waals surface area contributed by atoms with Gasteiger partial charge in [-0.05, 0) is 11.1 Å². The minimum atomic E-state index is -0.366. The fourth-order valence-corrected chi connectivity index (χ4v) is 2.74. The summed E-state index contributed by atoms with van der Waals surface area (Å²) in [5, 5.41) is 2.35. The number of benzene rings is 2. The van der Waals surface area contributed by atoms with E-state index in [0.29, 0.717) is 21.2 Å². The molecule has 0 radical (unpaired) electrons. The average Bonchev–Trinajstić information content (AvgIpc) is 2.52. The molecule has 6 heteroatoms. The lowest BCUT2D eigenvalue weighted by Gasteiger charge is -2.11. The molecule has 2 aromatic carbocycles. The summed E-state index contributed by atoms with van der Waals surface area (Å²) in [6.45, 7) is 0. The predicted octanol–water partition coefficient (Wildman–Crippen LogP) is 3.58. The zero-order valence-corrected chi connectivity index (χ0v) is 13.6. The molecule has 116 valence electrons. The Bertz CT molecular complexity index is 677. The van der Waals surface area contributed by atoms with Gasteiger partial charge in [0, 0.05) is 10.8 Å². The summed E-state index contributed by atoms with van der Waals surface area (Å²) >= 11 is 12.7. The van der Waals surface area contributed by atoms with E-state index in [1.165, 1.54) is 14.2 Å². The van der Waals surface area contributed by atoms with Gasteiger partial charge in [0.15, 0.2) is 0 Å². The highest BCUT2D eigenvalue weighted by Crippen LogP contribution is 2.34. The van der Waals surface area contributed by atoms with Crippen LogP contribution >= 0.6 is 23.2 Å². The molecule has 0 atom stereocenters. The van der Waals surface area contributed by atoms with Crippen molar-refractivity contribution >= 4 is 45.9 Å². The lowest BCUT2D eigenvalue weighted by atomic mass is 10.0. The Balaban J connectivity index is 2.47. The van der Waals surface area contributed by atoms with Gasteiger partial charge in [0.25, 0.3) is 0 Å². The van der Waals surface area contributed by atoms with Crippen LogP contribution in [0.25, 0.3) is 10.8 Å². The normalized spacial score (nSPS) is 10.5. The van der Waals surface area contributed by atoms with Crippen LogP contribution in [0.4, 0.5) is 0 Å². The van der Waals surface area contributed by atoms with Crippen LogP contribution in [0.15, 0.2) is 24.3 Å². The minimum Gasteiger partial charge on any atom is -0.469 e. The highest BCUT2D eigenvalue weighted by atomic mass is 35.5. The van der Waals surface area contributed by atoms with Crippen LogP contribution in [0.5, 0.6) is 0 Å². The second-order valence-corrected chi connectivity index (χ2v) is 5.43. The van der Waals surface area contributed by atoms with E-state index in [4.69, 9.17) is 23.2 Å². The third kappa shape index (κ3) is 3.34. The molecule has 22 heavy (non-hydrogen) atoms. The summed E-state index contributed by atoms with van der Waals surface area (Å²) in [4.78, 5) is 22.8. The number of rotatable bonds is 4. The van der Waals surface area contributed by atoms with Crippen LogP contribution in [-0.2, 0) is 31.9 Å². The number of fused-ring (bicyclic) bond motifs is 1. The summed E-state index contributed by atoms with van der Waals surface area (Å²) in [5.41, 5.74) is 1.33. The van der Waals surface area contributed by atoms with Crippen LogP contribution in [0.1, 0.15) is 11.1 Å². The molecule has 0 heterocycles. The second-order valence-electron chi connectivity index (χ2n) is 4.68. The third-order valence-electron chi connectivity index (χ3n) is 3.35. The fourth-order valence-electron chi connectivity index (χ4n) is 2.15. The fraction of sp³-hybridized carbons (Fsp3) is 0.250. The van der Waals surface area contributed by atoms with Gasteiger partial charge in [-0.25, -0.2) is 0 Å². The SMILES string of the molecule is COC(=O)Cc1ccc2c(Cl)c(CC(=O)OC)ccc2c1Cl. The molecule has 0 unspecified atom stereocenters. The Labute approximate surface area is 137 Å². The van der Waals surface area contributed by atoms with Crippen molar-refractivity contribution in [3.8, 4) is 0 Å². The van der Waals surface area contributed by atoms with Gasteiger partial charge in [-0.2, -0.15) is 0 Å². The first-order chi connectivity index (χ1) is 10.5. The number of hydrogen-bond donors (Lipinski definition) is 0. The Kier molecular flexibility index (Phi) is 5.27. The highest BCUT2D eigenvalue weighted by Gasteiger charge is 2.15. The third-order valence-corrected chi connectivity index (χ3v) is 4.25. The van der Waals surface area contributed by atoms with E-state index >= 15 is 0 Å². The monoisotopic (exact) mass is 340 g/mol. The lowest BCUT2D eigenvalue weighted by Crippen LogP contribution is -2.06. The molecular weight excluding hydrogens is 327 g/mol. The Morgan fingerprint density at radius 3 is 1.50 bits per heavy atom. The van der Waals surface area contributed by atoms with E-state index in [1.807, 2.05) is 0 Å². The van der Waals surface area contributed by atoms with Crippen LogP contribution in [0.2, 0.25) is 10.0 Å². The molecule has 4 nitrogen and oxygen atoms in total. The van der Waals surface area contributed by atoms with Gasteiger partial charge in [0.1, 0.15) is 0 Å². The molecule has 0 saturated heterocycles. The molecular formula is C16H14Cl2O4.